The van der Waals surface area contributed by atoms with Crippen LogP contribution in [0.3, 0.4) is 0 Å². The van der Waals surface area contributed by atoms with Crippen LogP contribution in [0.2, 0.25) is 10.0 Å². The molecule has 5 rings (SSSR count). The van der Waals surface area contributed by atoms with E-state index in [1.54, 1.807) is 18.5 Å². The summed E-state index contributed by atoms with van der Waals surface area (Å²) in [6.45, 7) is 6.64. The Morgan fingerprint density at radius 3 is 2.38 bits per heavy atom. The van der Waals surface area contributed by atoms with E-state index in [-0.39, 0.29) is 12.3 Å². The Balaban J connectivity index is 1.35. The highest BCUT2D eigenvalue weighted by molar-refractivity contribution is 6.35. The van der Waals surface area contributed by atoms with Crippen LogP contribution in [0.15, 0.2) is 42.7 Å². The van der Waals surface area contributed by atoms with Crippen molar-refractivity contribution in [1.82, 2.24) is 24.8 Å². The van der Waals surface area contributed by atoms with Crippen LogP contribution in [0.5, 0.6) is 11.6 Å². The highest BCUT2D eigenvalue weighted by atomic mass is 35.5. The number of anilines is 1. The highest BCUT2D eigenvalue weighted by Crippen LogP contribution is 2.31. The number of carboxylic acids is 1. The van der Waals surface area contributed by atoms with Gasteiger partial charge in [-0.15, -0.1) is 0 Å². The molecular weight excluding hydrogens is 579 g/mol. The van der Waals surface area contributed by atoms with Gasteiger partial charge in [-0.05, 0) is 75.6 Å². The van der Waals surface area contributed by atoms with E-state index in [9.17, 15) is 9.90 Å². The van der Waals surface area contributed by atoms with Crippen LogP contribution in [-0.4, -0.2) is 92.9 Å². The monoisotopic (exact) mass is 614 g/mol. The first-order valence-electron chi connectivity index (χ1n) is 14.1. The summed E-state index contributed by atoms with van der Waals surface area (Å²) in [6, 6.07) is 9.20. The normalized spacial score (nSPS) is 20.8. The van der Waals surface area contributed by atoms with Crippen molar-refractivity contribution in [3.05, 3.63) is 58.3 Å². The summed E-state index contributed by atoms with van der Waals surface area (Å²) < 4.78 is 6.15. The number of benzene rings is 1. The summed E-state index contributed by atoms with van der Waals surface area (Å²) in [5.74, 6) is 0.822. The predicted molar refractivity (Wildman–Crippen MR) is 162 cm³/mol. The summed E-state index contributed by atoms with van der Waals surface area (Å²) in [4.78, 5) is 31.3. The van der Waals surface area contributed by atoms with Gasteiger partial charge < -0.3 is 24.7 Å². The molecule has 1 atom stereocenters. The van der Waals surface area contributed by atoms with Crippen molar-refractivity contribution in [2.75, 3.05) is 51.2 Å². The lowest BCUT2D eigenvalue weighted by atomic mass is 9.93. The van der Waals surface area contributed by atoms with E-state index in [4.69, 9.17) is 38.0 Å². The molecule has 0 saturated carbocycles. The molecule has 0 bridgehead atoms. The largest absolute Gasteiger partial charge is 0.481 e. The van der Waals surface area contributed by atoms with Gasteiger partial charge in [0, 0.05) is 54.3 Å². The molecule has 10 nitrogen and oxygen atoms in total. The van der Waals surface area contributed by atoms with Crippen molar-refractivity contribution in [2.24, 2.45) is 5.92 Å². The number of likely N-dealkylation sites (tertiary alicyclic amines) is 1. The van der Waals surface area contributed by atoms with Gasteiger partial charge in [0.15, 0.2) is 5.75 Å². The third-order valence-corrected chi connectivity index (χ3v) is 8.05. The number of aromatic nitrogens is 3. The van der Waals surface area contributed by atoms with Crippen molar-refractivity contribution < 1.29 is 19.7 Å². The van der Waals surface area contributed by atoms with Crippen molar-refractivity contribution in [2.45, 2.75) is 38.3 Å². The number of likely N-dealkylation sites (N-methyl/N-ethyl adjacent to an activating group) is 1. The number of hydrogen-bond acceptors (Lipinski definition) is 9. The summed E-state index contributed by atoms with van der Waals surface area (Å²) in [5.41, 5.74) is 1.56. The molecule has 42 heavy (non-hydrogen) atoms. The number of nitrogens with zero attached hydrogens (tertiary/aromatic N) is 6. The fraction of sp³-hybridized carbons (Fsp3) is 0.467. The summed E-state index contributed by atoms with van der Waals surface area (Å²) in [6.07, 6.45) is 5.15. The van der Waals surface area contributed by atoms with Gasteiger partial charge in [-0.2, -0.15) is 0 Å². The molecule has 1 aromatic carbocycles. The van der Waals surface area contributed by atoms with Gasteiger partial charge in [0.2, 0.25) is 11.8 Å². The van der Waals surface area contributed by atoms with Crippen LogP contribution in [0, 0.1) is 5.92 Å². The number of aliphatic carboxylic acids is 1. The van der Waals surface area contributed by atoms with Crippen LogP contribution in [-0.2, 0) is 11.3 Å². The van der Waals surface area contributed by atoms with Gasteiger partial charge in [-0.1, -0.05) is 23.2 Å². The fourth-order valence-corrected chi connectivity index (χ4v) is 6.24. The lowest BCUT2D eigenvalue weighted by molar-refractivity contribution is -0.138. The van der Waals surface area contributed by atoms with Crippen molar-refractivity contribution in [3.63, 3.8) is 0 Å². The number of piperidine rings is 1. The second kappa shape index (κ2) is 13.1. The molecule has 12 heteroatoms. The zero-order chi connectivity index (χ0) is 29.9. The fourth-order valence-electron chi connectivity index (χ4n) is 5.72. The van der Waals surface area contributed by atoms with Gasteiger partial charge in [0.25, 0.3) is 0 Å². The number of ether oxygens (including phenoxy) is 1. The number of aliphatic hydroxyl groups is 1. The molecule has 2 aliphatic rings. The SMILES string of the molecule is CN1CCN(c2ncc(Oc3cc(CN4CCC(CC(=O)O)CC4)cc(-c4cc(Cl)cc(Cl)c4)n3)cn2)CC(C)(O)C1. The smallest absolute Gasteiger partial charge is 0.303 e. The van der Waals surface area contributed by atoms with Gasteiger partial charge in [0.05, 0.1) is 30.2 Å². The number of hydrogen-bond donors (Lipinski definition) is 2. The number of β-amino-alcohol motifs (C(OH)–C–C–N with tert-alkyl or cyclic N) is 1. The Morgan fingerprint density at radius 2 is 1.71 bits per heavy atom. The Labute approximate surface area is 255 Å². The maximum absolute atomic E-state index is 11.1. The highest BCUT2D eigenvalue weighted by Gasteiger charge is 2.30. The minimum Gasteiger partial charge on any atom is -0.481 e. The zero-order valence-electron chi connectivity index (χ0n) is 23.8. The predicted octanol–water partition coefficient (Wildman–Crippen LogP) is 4.83. The summed E-state index contributed by atoms with van der Waals surface area (Å²) in [5, 5.41) is 20.9. The number of carboxylic acid groups (broad SMARTS) is 1. The average Bonchev–Trinajstić information content (AvgIpc) is 3.05. The van der Waals surface area contributed by atoms with E-state index in [1.807, 2.05) is 43.1 Å². The molecular formula is C30H36Cl2N6O4. The number of rotatable bonds is 8. The maximum Gasteiger partial charge on any atom is 0.303 e. The Kier molecular flexibility index (Phi) is 9.49. The van der Waals surface area contributed by atoms with Crippen LogP contribution in [0.4, 0.5) is 5.95 Å². The summed E-state index contributed by atoms with van der Waals surface area (Å²) >= 11 is 12.6. The van der Waals surface area contributed by atoms with E-state index in [2.05, 4.69) is 19.8 Å². The minimum absolute atomic E-state index is 0.212. The molecule has 1 unspecified atom stereocenters. The second-order valence-electron chi connectivity index (χ2n) is 11.7. The van der Waals surface area contributed by atoms with Crippen LogP contribution in [0.1, 0.15) is 31.7 Å². The van der Waals surface area contributed by atoms with Crippen molar-refractivity contribution in [3.8, 4) is 22.9 Å². The van der Waals surface area contributed by atoms with E-state index in [0.29, 0.717) is 59.5 Å². The minimum atomic E-state index is -0.876. The molecule has 2 saturated heterocycles. The molecule has 2 N–H and O–H groups in total. The number of halogens is 2. The van der Waals surface area contributed by atoms with E-state index in [1.165, 1.54) is 0 Å². The zero-order valence-corrected chi connectivity index (χ0v) is 25.4. The molecule has 3 aromatic rings. The van der Waals surface area contributed by atoms with Gasteiger partial charge in [-0.3, -0.25) is 9.69 Å². The molecule has 2 aliphatic heterocycles. The van der Waals surface area contributed by atoms with E-state index < -0.39 is 11.6 Å². The molecule has 0 amide bonds. The van der Waals surface area contributed by atoms with Crippen molar-refractivity contribution in [1.29, 1.82) is 0 Å². The van der Waals surface area contributed by atoms with Gasteiger partial charge in [0.1, 0.15) is 0 Å². The molecule has 2 aromatic heterocycles. The second-order valence-corrected chi connectivity index (χ2v) is 12.5. The molecule has 4 heterocycles. The van der Waals surface area contributed by atoms with Crippen molar-refractivity contribution >= 4 is 35.1 Å². The van der Waals surface area contributed by atoms with Crippen LogP contribution >= 0.6 is 23.2 Å². The average molecular weight is 616 g/mol. The van der Waals surface area contributed by atoms with E-state index in [0.717, 1.165) is 43.6 Å². The van der Waals surface area contributed by atoms with Gasteiger partial charge in [-0.25, -0.2) is 15.0 Å². The van der Waals surface area contributed by atoms with Crippen LogP contribution < -0.4 is 9.64 Å². The Bertz CT molecular complexity index is 1380. The summed E-state index contributed by atoms with van der Waals surface area (Å²) in [7, 11) is 1.99. The molecule has 224 valence electrons. The quantitative estimate of drug-likeness (QED) is 0.365. The lowest BCUT2D eigenvalue weighted by Crippen LogP contribution is -2.44. The Morgan fingerprint density at radius 1 is 1.02 bits per heavy atom. The first-order valence-corrected chi connectivity index (χ1v) is 14.8. The lowest BCUT2D eigenvalue weighted by Gasteiger charge is -2.31. The Hall–Kier alpha value is -3.02. The molecule has 0 radical (unpaired) electrons. The third-order valence-electron chi connectivity index (χ3n) is 7.61. The topological polar surface area (TPSA) is 115 Å². The molecule has 0 spiro atoms. The van der Waals surface area contributed by atoms with Crippen LogP contribution in [0.25, 0.3) is 11.3 Å². The third kappa shape index (κ3) is 8.29. The van der Waals surface area contributed by atoms with Gasteiger partial charge >= 0.3 is 5.97 Å². The number of pyridine rings is 1. The standard InChI is InChI=1S/C30H36Cl2N6O4/c1-30(41)18-36(2)7-8-38(19-30)29-33-15-25(16-34-29)42-27-10-21(17-37-5-3-20(4-6-37)11-28(39)40)9-26(35-27)22-12-23(31)14-24(32)13-22/h9-10,12-16,20,41H,3-8,11,17-19H2,1-2H3,(H,39,40). The number of carbonyl (C=O) groups is 1. The van der Waals surface area contributed by atoms with E-state index >= 15 is 0 Å². The molecule has 0 aliphatic carbocycles. The first-order chi connectivity index (χ1) is 20.0. The first kappa shape index (κ1) is 30.4. The molecule has 2 fully saturated rings. The maximum atomic E-state index is 11.1.